The Balaban J connectivity index is 2.79. The van der Waals surface area contributed by atoms with Crippen LogP contribution in [-0.2, 0) is 0 Å². The fourth-order valence-corrected chi connectivity index (χ4v) is 1.56. The third-order valence-corrected chi connectivity index (χ3v) is 2.39. The van der Waals surface area contributed by atoms with Crippen LogP contribution in [0.1, 0.15) is 15.9 Å². The van der Waals surface area contributed by atoms with Crippen LogP contribution in [0.5, 0.6) is 0 Å². The Bertz CT molecular complexity index is 375. The number of amides is 1. The number of rotatable bonds is 5. The molecule has 88 valence electrons. The molecule has 0 heterocycles. The lowest BCUT2D eigenvalue weighted by Crippen LogP contribution is -2.22. The van der Waals surface area contributed by atoms with Crippen molar-refractivity contribution < 1.29 is 4.79 Å². The van der Waals surface area contributed by atoms with Crippen LogP contribution < -0.4 is 11.1 Å². The van der Waals surface area contributed by atoms with Crippen molar-refractivity contribution in [1.82, 2.24) is 4.90 Å². The Hall–Kier alpha value is -1.55. The fraction of sp³-hybridized carbons (Fsp3) is 0.417. The molecule has 1 rings (SSSR count). The van der Waals surface area contributed by atoms with Crippen molar-refractivity contribution in [3.8, 4) is 0 Å². The summed E-state index contributed by atoms with van der Waals surface area (Å²) in [6.07, 6.45) is 0. The summed E-state index contributed by atoms with van der Waals surface area (Å²) in [6.45, 7) is 3.58. The summed E-state index contributed by atoms with van der Waals surface area (Å²) >= 11 is 0. The molecule has 0 aliphatic rings. The Morgan fingerprint density at radius 1 is 1.44 bits per heavy atom. The van der Waals surface area contributed by atoms with Gasteiger partial charge in [0.05, 0.1) is 5.56 Å². The van der Waals surface area contributed by atoms with Crippen LogP contribution in [0, 0.1) is 6.92 Å². The number of carbonyl (C=O) groups excluding carboxylic acids is 1. The zero-order chi connectivity index (χ0) is 12.1. The summed E-state index contributed by atoms with van der Waals surface area (Å²) < 4.78 is 0. The van der Waals surface area contributed by atoms with Crippen LogP contribution in [0.4, 0.5) is 5.69 Å². The molecule has 4 nitrogen and oxygen atoms in total. The molecule has 1 aromatic carbocycles. The first-order valence-corrected chi connectivity index (χ1v) is 5.30. The maximum Gasteiger partial charge on any atom is 0.251 e. The first-order valence-electron chi connectivity index (χ1n) is 5.30. The summed E-state index contributed by atoms with van der Waals surface area (Å²) in [5.74, 6) is -0.384. The molecule has 0 aliphatic heterocycles. The molecule has 1 aromatic rings. The zero-order valence-corrected chi connectivity index (χ0v) is 10.1. The number of aryl methyl sites for hydroxylation is 1. The van der Waals surface area contributed by atoms with Gasteiger partial charge in [-0.15, -0.1) is 0 Å². The molecule has 0 radical (unpaired) electrons. The van der Waals surface area contributed by atoms with Crippen molar-refractivity contribution in [3.05, 3.63) is 29.3 Å². The highest BCUT2D eigenvalue weighted by molar-refractivity contribution is 5.99. The van der Waals surface area contributed by atoms with E-state index in [-0.39, 0.29) is 5.91 Å². The molecule has 16 heavy (non-hydrogen) atoms. The number of hydrogen-bond acceptors (Lipinski definition) is 3. The summed E-state index contributed by atoms with van der Waals surface area (Å²) in [5.41, 5.74) is 7.66. The molecule has 0 saturated heterocycles. The monoisotopic (exact) mass is 221 g/mol. The fourth-order valence-electron chi connectivity index (χ4n) is 1.56. The van der Waals surface area contributed by atoms with Gasteiger partial charge in [0.15, 0.2) is 0 Å². The average Bonchev–Trinajstić information content (AvgIpc) is 2.16. The Labute approximate surface area is 96.4 Å². The molecule has 0 aliphatic carbocycles. The third-order valence-electron chi connectivity index (χ3n) is 2.39. The second kappa shape index (κ2) is 5.51. The van der Waals surface area contributed by atoms with E-state index < -0.39 is 0 Å². The minimum Gasteiger partial charge on any atom is -0.383 e. The molecule has 4 heteroatoms. The number of likely N-dealkylation sites (N-methyl/N-ethyl adjacent to an activating group) is 1. The molecule has 0 atom stereocenters. The van der Waals surface area contributed by atoms with E-state index in [1.807, 2.05) is 39.2 Å². The number of nitrogens with one attached hydrogen (secondary N) is 1. The number of nitrogens with two attached hydrogens (primary N) is 1. The van der Waals surface area contributed by atoms with Crippen molar-refractivity contribution in [3.63, 3.8) is 0 Å². The maximum atomic E-state index is 11.3. The lowest BCUT2D eigenvalue weighted by atomic mass is 10.1. The Morgan fingerprint density at radius 2 is 2.12 bits per heavy atom. The van der Waals surface area contributed by atoms with Gasteiger partial charge in [-0.2, -0.15) is 0 Å². The van der Waals surface area contributed by atoms with Gasteiger partial charge in [0.25, 0.3) is 5.91 Å². The number of anilines is 1. The van der Waals surface area contributed by atoms with Crippen LogP contribution >= 0.6 is 0 Å². The van der Waals surface area contributed by atoms with Crippen LogP contribution in [0.15, 0.2) is 18.2 Å². The van der Waals surface area contributed by atoms with E-state index in [9.17, 15) is 4.79 Å². The lowest BCUT2D eigenvalue weighted by Gasteiger charge is -2.14. The van der Waals surface area contributed by atoms with Gasteiger partial charge in [-0.1, -0.05) is 12.1 Å². The van der Waals surface area contributed by atoms with Gasteiger partial charge >= 0.3 is 0 Å². The summed E-state index contributed by atoms with van der Waals surface area (Å²) in [5, 5.41) is 3.22. The summed E-state index contributed by atoms with van der Waals surface area (Å²) in [6, 6.07) is 5.68. The molecular formula is C12H19N3O. The highest BCUT2D eigenvalue weighted by Gasteiger charge is 2.10. The van der Waals surface area contributed by atoms with Crippen molar-refractivity contribution in [1.29, 1.82) is 0 Å². The van der Waals surface area contributed by atoms with Crippen LogP contribution in [0.25, 0.3) is 0 Å². The van der Waals surface area contributed by atoms with Gasteiger partial charge in [-0.25, -0.2) is 0 Å². The Morgan fingerprint density at radius 3 is 2.69 bits per heavy atom. The molecule has 1 amide bonds. The molecule has 0 bridgehead atoms. The van der Waals surface area contributed by atoms with E-state index in [4.69, 9.17) is 5.73 Å². The third kappa shape index (κ3) is 3.24. The van der Waals surface area contributed by atoms with Gasteiger partial charge in [0.2, 0.25) is 0 Å². The highest BCUT2D eigenvalue weighted by atomic mass is 16.1. The molecular weight excluding hydrogens is 202 g/mol. The van der Waals surface area contributed by atoms with Crippen molar-refractivity contribution in [2.24, 2.45) is 5.73 Å². The second-order valence-corrected chi connectivity index (χ2v) is 4.09. The van der Waals surface area contributed by atoms with Crippen LogP contribution in [0.2, 0.25) is 0 Å². The first-order chi connectivity index (χ1) is 7.52. The predicted octanol–water partition coefficient (Wildman–Crippen LogP) is 1.07. The van der Waals surface area contributed by atoms with E-state index in [1.54, 1.807) is 0 Å². The molecule has 0 saturated carbocycles. The number of benzene rings is 1. The minimum atomic E-state index is -0.384. The van der Waals surface area contributed by atoms with E-state index in [0.717, 1.165) is 24.3 Å². The van der Waals surface area contributed by atoms with E-state index in [1.165, 1.54) is 0 Å². The number of hydrogen-bond donors (Lipinski definition) is 2. The average molecular weight is 221 g/mol. The van der Waals surface area contributed by atoms with Crippen molar-refractivity contribution >= 4 is 11.6 Å². The van der Waals surface area contributed by atoms with Crippen LogP contribution in [0.3, 0.4) is 0 Å². The van der Waals surface area contributed by atoms with E-state index in [0.29, 0.717) is 5.56 Å². The van der Waals surface area contributed by atoms with Gasteiger partial charge in [-0.05, 0) is 32.6 Å². The largest absolute Gasteiger partial charge is 0.383 e. The predicted molar refractivity (Wildman–Crippen MR) is 66.7 cm³/mol. The van der Waals surface area contributed by atoms with Crippen molar-refractivity contribution in [2.75, 3.05) is 32.5 Å². The van der Waals surface area contributed by atoms with Gasteiger partial charge in [0.1, 0.15) is 0 Å². The van der Waals surface area contributed by atoms with Gasteiger partial charge in [0, 0.05) is 18.8 Å². The Kier molecular flexibility index (Phi) is 4.31. The number of primary amides is 1. The smallest absolute Gasteiger partial charge is 0.251 e. The molecule has 0 aromatic heterocycles. The first kappa shape index (κ1) is 12.5. The minimum absolute atomic E-state index is 0.384. The second-order valence-electron chi connectivity index (χ2n) is 4.09. The topological polar surface area (TPSA) is 58.4 Å². The normalized spacial score (nSPS) is 10.5. The standard InChI is InChI=1S/C12H19N3O/c1-9-5-4-6-10(11(9)12(13)16)14-7-8-15(2)3/h4-6,14H,7-8H2,1-3H3,(H2,13,16). The summed E-state index contributed by atoms with van der Waals surface area (Å²) in [7, 11) is 4.01. The maximum absolute atomic E-state index is 11.3. The van der Waals surface area contributed by atoms with Crippen molar-refractivity contribution in [2.45, 2.75) is 6.92 Å². The number of carbonyl (C=O) groups is 1. The van der Waals surface area contributed by atoms with E-state index in [2.05, 4.69) is 10.2 Å². The summed E-state index contributed by atoms with van der Waals surface area (Å²) in [4.78, 5) is 13.4. The van der Waals surface area contributed by atoms with Gasteiger partial charge in [-0.3, -0.25) is 4.79 Å². The SMILES string of the molecule is Cc1cccc(NCCN(C)C)c1C(N)=O. The number of nitrogens with zero attached hydrogens (tertiary/aromatic N) is 1. The van der Waals surface area contributed by atoms with E-state index >= 15 is 0 Å². The zero-order valence-electron chi connectivity index (χ0n) is 10.1. The quantitative estimate of drug-likeness (QED) is 0.782. The molecule has 0 unspecified atom stereocenters. The highest BCUT2D eigenvalue weighted by Crippen LogP contribution is 2.18. The lowest BCUT2D eigenvalue weighted by molar-refractivity contribution is 0.100. The molecule has 0 fully saturated rings. The van der Waals surface area contributed by atoms with Crippen LogP contribution in [-0.4, -0.2) is 38.0 Å². The molecule has 0 spiro atoms. The molecule has 3 N–H and O–H groups in total. The van der Waals surface area contributed by atoms with Gasteiger partial charge < -0.3 is 16.0 Å².